The Bertz CT molecular complexity index is 692. The molecule has 3 rings (SSSR count). The topological polar surface area (TPSA) is 51.8 Å². The normalized spacial score (nSPS) is 10.7. The van der Waals surface area contributed by atoms with Crippen molar-refractivity contribution in [2.24, 2.45) is 0 Å². The van der Waals surface area contributed by atoms with Crippen LogP contribution in [0.5, 0.6) is 0 Å². The summed E-state index contributed by atoms with van der Waals surface area (Å²) in [5, 5.41) is 2.01. The minimum Gasteiger partial charge on any atom is -0.399 e. The molecule has 0 aliphatic carbocycles. The Morgan fingerprint density at radius 1 is 0.944 bits per heavy atom. The third-order valence-electron chi connectivity index (χ3n) is 2.58. The highest BCUT2D eigenvalue weighted by atomic mass is 32.2. The van der Waals surface area contributed by atoms with Crippen molar-refractivity contribution >= 4 is 28.4 Å². The van der Waals surface area contributed by atoms with Gasteiger partial charge >= 0.3 is 0 Å². The Kier molecular flexibility index (Phi) is 2.86. The first-order valence-corrected chi connectivity index (χ1v) is 6.38. The maximum Gasteiger partial charge on any atom is 0.117 e. The Hall–Kier alpha value is -2.07. The van der Waals surface area contributed by atoms with E-state index in [1.807, 2.05) is 48.5 Å². The zero-order valence-electron chi connectivity index (χ0n) is 9.58. The maximum absolute atomic E-state index is 5.78. The molecule has 0 saturated carbocycles. The monoisotopic (exact) mass is 253 g/mol. The summed E-state index contributed by atoms with van der Waals surface area (Å²) in [7, 11) is 0. The summed E-state index contributed by atoms with van der Waals surface area (Å²) in [6, 6.07) is 15.8. The third kappa shape index (κ3) is 2.15. The molecule has 0 unspecified atom stereocenters. The van der Waals surface area contributed by atoms with Gasteiger partial charge in [-0.15, -0.1) is 0 Å². The van der Waals surface area contributed by atoms with Crippen molar-refractivity contribution in [3.8, 4) is 0 Å². The first-order valence-electron chi connectivity index (χ1n) is 5.56. The number of hydrogen-bond acceptors (Lipinski definition) is 4. The van der Waals surface area contributed by atoms with E-state index in [-0.39, 0.29) is 0 Å². The zero-order chi connectivity index (χ0) is 12.4. The summed E-state index contributed by atoms with van der Waals surface area (Å²) in [6.07, 6.45) is 1.59. The number of nitrogens with two attached hydrogens (primary N) is 1. The van der Waals surface area contributed by atoms with Crippen LogP contribution in [0.4, 0.5) is 5.69 Å². The largest absolute Gasteiger partial charge is 0.399 e. The molecule has 3 aromatic rings. The van der Waals surface area contributed by atoms with E-state index in [0.717, 1.165) is 26.5 Å². The summed E-state index contributed by atoms with van der Waals surface area (Å²) in [6.45, 7) is 0. The van der Waals surface area contributed by atoms with E-state index in [1.54, 1.807) is 18.1 Å². The summed E-state index contributed by atoms with van der Waals surface area (Å²) in [4.78, 5) is 9.68. The van der Waals surface area contributed by atoms with Gasteiger partial charge in [-0.1, -0.05) is 36.0 Å². The average molecular weight is 253 g/mol. The number of para-hydroxylation sites is 1. The molecule has 0 aliphatic heterocycles. The molecule has 18 heavy (non-hydrogen) atoms. The van der Waals surface area contributed by atoms with E-state index in [4.69, 9.17) is 5.73 Å². The maximum atomic E-state index is 5.78. The molecule has 0 aliphatic rings. The van der Waals surface area contributed by atoms with Crippen LogP contribution in [-0.4, -0.2) is 9.97 Å². The van der Waals surface area contributed by atoms with Crippen LogP contribution in [0.3, 0.4) is 0 Å². The molecule has 0 radical (unpaired) electrons. The van der Waals surface area contributed by atoms with Gasteiger partial charge < -0.3 is 5.73 Å². The molecule has 0 amide bonds. The van der Waals surface area contributed by atoms with Crippen LogP contribution in [0.2, 0.25) is 0 Å². The van der Waals surface area contributed by atoms with Gasteiger partial charge in [0, 0.05) is 16.0 Å². The molecule has 1 aromatic heterocycles. The van der Waals surface area contributed by atoms with Crippen LogP contribution >= 0.6 is 11.8 Å². The van der Waals surface area contributed by atoms with E-state index < -0.39 is 0 Å². The number of rotatable bonds is 2. The van der Waals surface area contributed by atoms with Gasteiger partial charge in [0.05, 0.1) is 5.52 Å². The van der Waals surface area contributed by atoms with Gasteiger partial charge in [0.25, 0.3) is 0 Å². The molecule has 2 N–H and O–H groups in total. The fourth-order valence-electron chi connectivity index (χ4n) is 1.75. The minimum atomic E-state index is 0.762. The lowest BCUT2D eigenvalue weighted by Gasteiger charge is -2.04. The quantitative estimate of drug-likeness (QED) is 0.562. The van der Waals surface area contributed by atoms with E-state index in [0.29, 0.717) is 0 Å². The number of nitrogen functional groups attached to an aromatic ring is 1. The van der Waals surface area contributed by atoms with Crippen molar-refractivity contribution in [3.05, 3.63) is 54.9 Å². The predicted octanol–water partition coefficient (Wildman–Crippen LogP) is 3.36. The Morgan fingerprint density at radius 2 is 1.83 bits per heavy atom. The smallest absolute Gasteiger partial charge is 0.117 e. The van der Waals surface area contributed by atoms with E-state index >= 15 is 0 Å². The van der Waals surface area contributed by atoms with Gasteiger partial charge in [-0.3, -0.25) is 0 Å². The number of aromatic nitrogens is 2. The molecular weight excluding hydrogens is 242 g/mol. The fraction of sp³-hybridized carbons (Fsp3) is 0. The molecule has 2 aromatic carbocycles. The van der Waals surface area contributed by atoms with Crippen molar-refractivity contribution in [1.82, 2.24) is 9.97 Å². The van der Waals surface area contributed by atoms with E-state index in [2.05, 4.69) is 9.97 Å². The molecule has 1 heterocycles. The standard InChI is InChI=1S/C14H11N3S/c15-10-4-3-5-11(8-10)18-14-12-6-1-2-7-13(12)16-9-17-14/h1-9H,15H2. The lowest BCUT2D eigenvalue weighted by Crippen LogP contribution is -1.87. The summed E-state index contributed by atoms with van der Waals surface area (Å²) in [5.74, 6) is 0. The minimum absolute atomic E-state index is 0.762. The molecule has 88 valence electrons. The SMILES string of the molecule is Nc1cccc(Sc2ncnc3ccccc23)c1. The Morgan fingerprint density at radius 3 is 2.72 bits per heavy atom. The van der Waals surface area contributed by atoms with Crippen molar-refractivity contribution in [2.75, 3.05) is 5.73 Å². The number of nitrogens with zero attached hydrogens (tertiary/aromatic N) is 2. The molecular formula is C14H11N3S. The third-order valence-corrected chi connectivity index (χ3v) is 3.59. The van der Waals surface area contributed by atoms with Crippen LogP contribution < -0.4 is 5.73 Å². The highest BCUT2D eigenvalue weighted by Gasteiger charge is 2.05. The Labute approximate surface area is 109 Å². The van der Waals surface area contributed by atoms with Crippen molar-refractivity contribution in [1.29, 1.82) is 0 Å². The highest BCUT2D eigenvalue weighted by Crippen LogP contribution is 2.31. The first-order chi connectivity index (χ1) is 8.83. The van der Waals surface area contributed by atoms with Crippen LogP contribution in [0.1, 0.15) is 0 Å². The molecule has 0 saturated heterocycles. The van der Waals surface area contributed by atoms with Gasteiger partial charge in [-0.05, 0) is 24.3 Å². The Balaban J connectivity index is 2.05. The number of benzene rings is 2. The lowest BCUT2D eigenvalue weighted by molar-refractivity contribution is 1.10. The van der Waals surface area contributed by atoms with Gasteiger partial charge in [-0.25, -0.2) is 9.97 Å². The molecule has 3 nitrogen and oxygen atoms in total. The zero-order valence-corrected chi connectivity index (χ0v) is 10.4. The van der Waals surface area contributed by atoms with Gasteiger partial charge in [0.2, 0.25) is 0 Å². The van der Waals surface area contributed by atoms with Crippen molar-refractivity contribution in [2.45, 2.75) is 9.92 Å². The van der Waals surface area contributed by atoms with Gasteiger partial charge in [0.15, 0.2) is 0 Å². The van der Waals surface area contributed by atoms with Crippen molar-refractivity contribution < 1.29 is 0 Å². The van der Waals surface area contributed by atoms with Gasteiger partial charge in [0.1, 0.15) is 11.4 Å². The van der Waals surface area contributed by atoms with Crippen LogP contribution in [0, 0.1) is 0 Å². The lowest BCUT2D eigenvalue weighted by atomic mass is 10.2. The number of fused-ring (bicyclic) bond motifs is 1. The molecule has 0 bridgehead atoms. The second kappa shape index (κ2) is 4.66. The van der Waals surface area contributed by atoms with Crippen LogP contribution in [0.25, 0.3) is 10.9 Å². The van der Waals surface area contributed by atoms with Crippen LogP contribution in [0.15, 0.2) is 64.8 Å². The van der Waals surface area contributed by atoms with Crippen LogP contribution in [-0.2, 0) is 0 Å². The fourth-order valence-corrected chi connectivity index (χ4v) is 2.70. The van der Waals surface area contributed by atoms with Gasteiger partial charge in [-0.2, -0.15) is 0 Å². The first kappa shape index (κ1) is 11.0. The molecule has 4 heteroatoms. The number of hydrogen-bond donors (Lipinski definition) is 1. The summed E-state index contributed by atoms with van der Waals surface area (Å²) in [5.41, 5.74) is 7.50. The average Bonchev–Trinajstić information content (AvgIpc) is 2.39. The van der Waals surface area contributed by atoms with E-state index in [9.17, 15) is 0 Å². The second-order valence-corrected chi connectivity index (χ2v) is 4.93. The molecule has 0 spiro atoms. The predicted molar refractivity (Wildman–Crippen MR) is 74.5 cm³/mol. The number of anilines is 1. The second-order valence-electron chi connectivity index (χ2n) is 3.87. The summed E-state index contributed by atoms with van der Waals surface area (Å²) < 4.78 is 0. The molecule has 0 fully saturated rings. The summed E-state index contributed by atoms with van der Waals surface area (Å²) >= 11 is 1.60. The van der Waals surface area contributed by atoms with E-state index in [1.165, 1.54) is 0 Å². The highest BCUT2D eigenvalue weighted by molar-refractivity contribution is 7.99. The molecule has 0 atom stereocenters. The van der Waals surface area contributed by atoms with Crippen molar-refractivity contribution in [3.63, 3.8) is 0 Å².